The van der Waals surface area contributed by atoms with Crippen LogP contribution in [0.1, 0.15) is 32.0 Å². The van der Waals surface area contributed by atoms with Crippen LogP contribution in [0, 0.1) is 12.3 Å². The van der Waals surface area contributed by atoms with Crippen LogP contribution in [-0.2, 0) is 6.42 Å². The van der Waals surface area contributed by atoms with Crippen LogP contribution in [0.25, 0.3) is 0 Å². The number of aromatic amines is 1. The summed E-state index contributed by atoms with van der Waals surface area (Å²) in [4.78, 5) is 11.1. The van der Waals surface area contributed by atoms with E-state index in [2.05, 4.69) is 10.2 Å². The molecule has 1 aromatic rings. The molecule has 0 saturated heterocycles. The molecule has 15 heavy (non-hydrogen) atoms. The van der Waals surface area contributed by atoms with E-state index in [1.165, 1.54) is 0 Å². The van der Waals surface area contributed by atoms with Crippen LogP contribution < -0.4 is 10.7 Å². The number of rotatable bonds is 2. The van der Waals surface area contributed by atoms with Crippen LogP contribution in [0.15, 0.2) is 10.9 Å². The molecule has 1 rings (SSSR count). The molecule has 0 fully saturated rings. The fourth-order valence-corrected chi connectivity index (χ4v) is 1.16. The molecule has 0 aliphatic carbocycles. The van der Waals surface area contributed by atoms with Crippen molar-refractivity contribution in [2.24, 2.45) is 5.41 Å². The molecule has 0 saturated carbocycles. The molecular weight excluding hydrogens is 192 g/mol. The molecule has 0 amide bonds. The fourth-order valence-electron chi connectivity index (χ4n) is 1.16. The van der Waals surface area contributed by atoms with Gasteiger partial charge in [-0.15, -0.1) is 6.10 Å². The number of hydrogen-bond acceptors (Lipinski definition) is 3. The third-order valence-corrected chi connectivity index (χ3v) is 2.40. The highest BCUT2D eigenvalue weighted by molar-refractivity contribution is 5.11. The van der Waals surface area contributed by atoms with Crippen LogP contribution >= 0.6 is 0 Å². The first-order chi connectivity index (χ1) is 6.80. The van der Waals surface area contributed by atoms with E-state index in [-0.39, 0.29) is 11.0 Å². The lowest BCUT2D eigenvalue weighted by Gasteiger charge is -2.36. The molecule has 0 radical (unpaired) electrons. The van der Waals surface area contributed by atoms with Crippen molar-refractivity contribution in [1.29, 1.82) is 0 Å². The Morgan fingerprint density at radius 1 is 1.53 bits per heavy atom. The molecule has 84 valence electrons. The van der Waals surface area contributed by atoms with Crippen molar-refractivity contribution >= 4 is 0 Å². The lowest BCUT2D eigenvalue weighted by atomic mass is 9.86. The molecule has 1 aromatic heterocycles. The van der Waals surface area contributed by atoms with Crippen molar-refractivity contribution in [3.63, 3.8) is 0 Å². The van der Waals surface area contributed by atoms with Crippen molar-refractivity contribution in [2.45, 2.75) is 40.2 Å². The molecule has 4 nitrogen and oxygen atoms in total. The van der Waals surface area contributed by atoms with Crippen LogP contribution in [0.4, 0.5) is 0 Å². The molecular formula is C11H17N2O2-. The third kappa shape index (κ3) is 3.16. The normalized spacial score (nSPS) is 13.9. The lowest BCUT2D eigenvalue weighted by molar-refractivity contribution is -0.443. The molecule has 0 bridgehead atoms. The fraction of sp³-hybridized carbons (Fsp3) is 0.636. The predicted octanol–water partition coefficient (Wildman–Crippen LogP) is 0.396. The zero-order valence-electron chi connectivity index (χ0n) is 9.63. The van der Waals surface area contributed by atoms with Gasteiger partial charge in [-0.2, -0.15) is 5.10 Å². The maximum atomic E-state index is 11.8. The van der Waals surface area contributed by atoms with E-state index in [0.717, 1.165) is 0 Å². The van der Waals surface area contributed by atoms with Crippen molar-refractivity contribution < 1.29 is 5.11 Å². The average Bonchev–Trinajstić information content (AvgIpc) is 2.10. The highest BCUT2D eigenvalue weighted by Crippen LogP contribution is 2.19. The number of aryl methyl sites for hydroxylation is 1. The van der Waals surface area contributed by atoms with E-state index in [0.29, 0.717) is 17.7 Å². The summed E-state index contributed by atoms with van der Waals surface area (Å²) in [6.45, 7) is 7.43. The Balaban J connectivity index is 2.82. The van der Waals surface area contributed by atoms with E-state index in [4.69, 9.17) is 0 Å². The van der Waals surface area contributed by atoms with E-state index in [9.17, 15) is 9.90 Å². The molecule has 1 atom stereocenters. The van der Waals surface area contributed by atoms with Gasteiger partial charge in [0, 0.05) is 5.56 Å². The first-order valence-electron chi connectivity index (χ1n) is 5.01. The second-order valence-corrected chi connectivity index (χ2v) is 4.93. The summed E-state index contributed by atoms with van der Waals surface area (Å²) in [7, 11) is 0. The van der Waals surface area contributed by atoms with Gasteiger partial charge < -0.3 is 5.11 Å². The van der Waals surface area contributed by atoms with Crippen LogP contribution in [0.5, 0.6) is 0 Å². The van der Waals surface area contributed by atoms with Crippen molar-refractivity contribution in [1.82, 2.24) is 10.2 Å². The molecule has 0 aromatic carbocycles. The van der Waals surface area contributed by atoms with Gasteiger partial charge in [0.25, 0.3) is 5.56 Å². The predicted molar refractivity (Wildman–Crippen MR) is 56.5 cm³/mol. The van der Waals surface area contributed by atoms with Crippen LogP contribution in [0.3, 0.4) is 0 Å². The molecule has 0 aliphatic heterocycles. The molecule has 0 spiro atoms. The zero-order valence-corrected chi connectivity index (χ0v) is 9.63. The van der Waals surface area contributed by atoms with Crippen molar-refractivity contribution in [3.05, 3.63) is 27.7 Å². The van der Waals surface area contributed by atoms with Gasteiger partial charge in [0.1, 0.15) is 0 Å². The van der Waals surface area contributed by atoms with Crippen LogP contribution in [-0.4, -0.2) is 16.3 Å². The maximum Gasteiger partial charge on any atom is 0.267 e. The Morgan fingerprint density at radius 2 is 2.13 bits per heavy atom. The number of nitrogens with zero attached hydrogens (tertiary/aromatic N) is 1. The second kappa shape index (κ2) is 4.14. The standard InChI is InChI=1S/C11H17N2O2/c1-7-5-8(12-13-10(7)15)6-9(14)11(2,3)4/h5,9H,6H2,1-4H3,(H,13,15)/q-1. The summed E-state index contributed by atoms with van der Waals surface area (Å²) in [5.74, 6) is 0. The van der Waals surface area contributed by atoms with E-state index < -0.39 is 6.10 Å². The largest absolute Gasteiger partial charge is 0.851 e. The first kappa shape index (κ1) is 11.9. The summed E-state index contributed by atoms with van der Waals surface area (Å²) in [5, 5.41) is 18.0. The summed E-state index contributed by atoms with van der Waals surface area (Å²) in [6, 6.07) is 1.68. The van der Waals surface area contributed by atoms with E-state index in [1.807, 2.05) is 20.8 Å². The minimum absolute atomic E-state index is 0.197. The zero-order chi connectivity index (χ0) is 11.6. The quantitative estimate of drug-likeness (QED) is 0.766. The third-order valence-electron chi connectivity index (χ3n) is 2.40. The average molecular weight is 209 g/mol. The van der Waals surface area contributed by atoms with Gasteiger partial charge in [0.2, 0.25) is 0 Å². The SMILES string of the molecule is Cc1cc(CC([O-])C(C)(C)C)n[nH]c1=O. The molecule has 1 unspecified atom stereocenters. The van der Waals surface area contributed by atoms with Crippen molar-refractivity contribution in [3.8, 4) is 0 Å². The van der Waals surface area contributed by atoms with E-state index >= 15 is 0 Å². The molecule has 1 N–H and O–H groups in total. The van der Waals surface area contributed by atoms with Gasteiger partial charge >= 0.3 is 0 Å². The van der Waals surface area contributed by atoms with Gasteiger partial charge in [-0.1, -0.05) is 26.2 Å². The Bertz CT molecular complexity index is 390. The van der Waals surface area contributed by atoms with Gasteiger partial charge in [0.05, 0.1) is 5.69 Å². The number of hydrogen-bond donors (Lipinski definition) is 1. The molecule has 4 heteroatoms. The highest BCUT2D eigenvalue weighted by Gasteiger charge is 2.15. The van der Waals surface area contributed by atoms with Crippen molar-refractivity contribution in [2.75, 3.05) is 0 Å². The molecule has 0 aliphatic rings. The Labute approximate surface area is 89.3 Å². The highest BCUT2D eigenvalue weighted by atomic mass is 16.3. The minimum atomic E-state index is -0.713. The smallest absolute Gasteiger partial charge is 0.267 e. The summed E-state index contributed by atoms with van der Waals surface area (Å²) in [6.07, 6.45) is -0.364. The van der Waals surface area contributed by atoms with Crippen LogP contribution in [0.2, 0.25) is 0 Å². The number of nitrogens with one attached hydrogen (secondary N) is 1. The minimum Gasteiger partial charge on any atom is -0.851 e. The number of H-pyrrole nitrogens is 1. The molecule has 1 heterocycles. The monoisotopic (exact) mass is 209 g/mol. The Kier molecular flexibility index (Phi) is 3.29. The lowest BCUT2D eigenvalue weighted by Crippen LogP contribution is -2.40. The summed E-state index contributed by atoms with van der Waals surface area (Å²) < 4.78 is 0. The van der Waals surface area contributed by atoms with Gasteiger partial charge in [-0.25, -0.2) is 5.10 Å². The van der Waals surface area contributed by atoms with Gasteiger partial charge in [0.15, 0.2) is 0 Å². The summed E-state index contributed by atoms with van der Waals surface area (Å²) in [5.41, 5.74) is 0.770. The van der Waals surface area contributed by atoms with Gasteiger partial charge in [-0.3, -0.25) is 4.79 Å². The Morgan fingerprint density at radius 3 is 2.60 bits per heavy atom. The number of aromatic nitrogens is 2. The topological polar surface area (TPSA) is 68.8 Å². The van der Waals surface area contributed by atoms with Gasteiger partial charge in [-0.05, 0) is 19.4 Å². The maximum absolute atomic E-state index is 11.8. The first-order valence-corrected chi connectivity index (χ1v) is 5.01. The second-order valence-electron chi connectivity index (χ2n) is 4.93. The van der Waals surface area contributed by atoms with E-state index in [1.54, 1.807) is 13.0 Å². The summed E-state index contributed by atoms with van der Waals surface area (Å²) >= 11 is 0. The Hall–Kier alpha value is -1.16.